The minimum absolute atomic E-state index is 0.0358. The summed E-state index contributed by atoms with van der Waals surface area (Å²) in [6, 6.07) is 10.2. The van der Waals surface area contributed by atoms with Gasteiger partial charge >= 0.3 is 0 Å². The zero-order valence-corrected chi connectivity index (χ0v) is 20.5. The quantitative estimate of drug-likeness (QED) is 0.566. The van der Waals surface area contributed by atoms with Gasteiger partial charge in [0, 0.05) is 29.4 Å². The monoisotopic (exact) mass is 479 g/mol. The molecule has 0 aromatic heterocycles. The summed E-state index contributed by atoms with van der Waals surface area (Å²) in [5, 5.41) is 6.02. The lowest BCUT2D eigenvalue weighted by Gasteiger charge is -2.22. The maximum absolute atomic E-state index is 12.9. The number of sulfonamides is 1. The normalized spacial score (nSPS) is 12.6. The van der Waals surface area contributed by atoms with E-state index < -0.39 is 22.0 Å². The molecule has 32 heavy (non-hydrogen) atoms. The fourth-order valence-corrected chi connectivity index (χ4v) is 4.85. The molecule has 0 aliphatic heterocycles. The molecule has 0 heterocycles. The van der Waals surface area contributed by atoms with Crippen LogP contribution in [-0.2, 0) is 14.8 Å². The SMILES string of the molecule is CCN(CC)S(=O)(=O)c1cccc(C(=O)NC(C(=O)Nc2ccc(C)c(Cl)c2)C(C)C)c1. The van der Waals surface area contributed by atoms with Gasteiger partial charge in [-0.2, -0.15) is 4.31 Å². The molecule has 9 heteroatoms. The number of amides is 2. The van der Waals surface area contributed by atoms with Gasteiger partial charge < -0.3 is 10.6 Å². The number of benzene rings is 2. The lowest BCUT2D eigenvalue weighted by molar-refractivity contribution is -0.118. The summed E-state index contributed by atoms with van der Waals surface area (Å²) in [5.41, 5.74) is 1.57. The number of aryl methyl sites for hydroxylation is 1. The Hall–Kier alpha value is -2.42. The summed E-state index contributed by atoms with van der Waals surface area (Å²) in [6.45, 7) is 9.65. The highest BCUT2D eigenvalue weighted by Crippen LogP contribution is 2.21. The van der Waals surface area contributed by atoms with Gasteiger partial charge in [-0.15, -0.1) is 0 Å². The van der Waals surface area contributed by atoms with Crippen LogP contribution in [0.3, 0.4) is 0 Å². The summed E-state index contributed by atoms with van der Waals surface area (Å²) >= 11 is 6.12. The highest BCUT2D eigenvalue weighted by molar-refractivity contribution is 7.89. The van der Waals surface area contributed by atoms with Gasteiger partial charge in [-0.25, -0.2) is 8.42 Å². The minimum Gasteiger partial charge on any atom is -0.340 e. The molecule has 0 aliphatic rings. The molecule has 1 unspecified atom stereocenters. The number of hydrogen-bond acceptors (Lipinski definition) is 4. The molecule has 0 radical (unpaired) electrons. The average molecular weight is 480 g/mol. The molecule has 0 spiro atoms. The molecule has 2 aromatic rings. The van der Waals surface area contributed by atoms with Crippen LogP contribution >= 0.6 is 11.6 Å². The van der Waals surface area contributed by atoms with Crippen LogP contribution in [0.15, 0.2) is 47.4 Å². The summed E-state index contributed by atoms with van der Waals surface area (Å²) < 4.78 is 26.9. The van der Waals surface area contributed by atoms with Crippen molar-refractivity contribution in [3.8, 4) is 0 Å². The molecular weight excluding hydrogens is 450 g/mol. The van der Waals surface area contributed by atoms with Gasteiger partial charge in [-0.05, 0) is 48.7 Å². The number of halogens is 1. The standard InChI is InChI=1S/C23H30ClN3O4S/c1-6-27(7-2)32(30,31)19-10-8-9-17(13-19)22(28)26-21(15(3)4)23(29)25-18-12-11-16(5)20(24)14-18/h8-15,21H,6-7H2,1-5H3,(H,25,29)(H,26,28). The van der Waals surface area contributed by atoms with Crippen LogP contribution in [0.2, 0.25) is 5.02 Å². The number of carbonyl (C=O) groups excluding carboxylic acids is 2. The van der Waals surface area contributed by atoms with Crippen LogP contribution in [-0.4, -0.2) is 43.7 Å². The first kappa shape index (κ1) is 25.8. The first-order valence-electron chi connectivity index (χ1n) is 10.5. The van der Waals surface area contributed by atoms with Gasteiger partial charge in [0.25, 0.3) is 5.91 Å². The van der Waals surface area contributed by atoms with E-state index >= 15 is 0 Å². The molecule has 0 fully saturated rings. The van der Waals surface area contributed by atoms with Crippen LogP contribution < -0.4 is 10.6 Å². The Labute approximate surface area is 195 Å². The van der Waals surface area contributed by atoms with Gasteiger partial charge in [0.2, 0.25) is 15.9 Å². The molecule has 2 rings (SSSR count). The maximum atomic E-state index is 12.9. The Morgan fingerprint density at radius 3 is 2.28 bits per heavy atom. The molecule has 174 valence electrons. The number of anilines is 1. The topological polar surface area (TPSA) is 95.6 Å². The summed E-state index contributed by atoms with van der Waals surface area (Å²) in [7, 11) is -3.71. The van der Waals surface area contributed by atoms with Gasteiger partial charge in [-0.1, -0.05) is 51.4 Å². The van der Waals surface area contributed by atoms with E-state index in [-0.39, 0.29) is 22.3 Å². The van der Waals surface area contributed by atoms with Crippen molar-refractivity contribution < 1.29 is 18.0 Å². The highest BCUT2D eigenvalue weighted by atomic mass is 35.5. The Bertz CT molecular complexity index is 1080. The number of nitrogens with one attached hydrogen (secondary N) is 2. The van der Waals surface area contributed by atoms with Crippen molar-refractivity contribution in [1.29, 1.82) is 0 Å². The summed E-state index contributed by atoms with van der Waals surface area (Å²) in [4.78, 5) is 25.8. The number of nitrogens with zero attached hydrogens (tertiary/aromatic N) is 1. The molecule has 1 atom stereocenters. The largest absolute Gasteiger partial charge is 0.340 e. The van der Waals surface area contributed by atoms with E-state index in [1.807, 2.05) is 20.8 Å². The molecule has 0 aliphatic carbocycles. The molecule has 7 nitrogen and oxygen atoms in total. The summed E-state index contributed by atoms with van der Waals surface area (Å²) in [6.07, 6.45) is 0. The van der Waals surface area contributed by atoms with E-state index in [4.69, 9.17) is 11.6 Å². The molecule has 0 saturated heterocycles. The van der Waals surface area contributed by atoms with Crippen molar-refractivity contribution in [2.45, 2.75) is 45.6 Å². The minimum atomic E-state index is -3.71. The average Bonchev–Trinajstić information content (AvgIpc) is 2.74. The predicted octanol–water partition coefficient (Wildman–Crippen LogP) is 4.07. The Balaban J connectivity index is 2.23. The fourth-order valence-electron chi connectivity index (χ4n) is 3.16. The number of hydrogen-bond donors (Lipinski definition) is 2. The third kappa shape index (κ3) is 6.09. The Kier molecular flexibility index (Phi) is 8.83. The van der Waals surface area contributed by atoms with Crippen molar-refractivity contribution in [2.24, 2.45) is 5.92 Å². The third-order valence-corrected chi connectivity index (χ3v) is 7.57. The Morgan fingerprint density at radius 2 is 1.72 bits per heavy atom. The maximum Gasteiger partial charge on any atom is 0.251 e. The van der Waals surface area contributed by atoms with Crippen LogP contribution in [0.25, 0.3) is 0 Å². The van der Waals surface area contributed by atoms with Crippen molar-refractivity contribution >= 4 is 39.1 Å². The zero-order valence-electron chi connectivity index (χ0n) is 19.0. The predicted molar refractivity (Wildman–Crippen MR) is 127 cm³/mol. The molecule has 0 saturated carbocycles. The molecule has 2 aromatic carbocycles. The van der Waals surface area contributed by atoms with Crippen LogP contribution in [0.5, 0.6) is 0 Å². The Morgan fingerprint density at radius 1 is 1.06 bits per heavy atom. The summed E-state index contributed by atoms with van der Waals surface area (Å²) in [5.74, 6) is -1.12. The molecule has 2 amide bonds. The van der Waals surface area contributed by atoms with E-state index in [0.717, 1.165) is 5.56 Å². The van der Waals surface area contributed by atoms with Gasteiger partial charge in [0.1, 0.15) is 6.04 Å². The van der Waals surface area contributed by atoms with E-state index in [9.17, 15) is 18.0 Å². The van der Waals surface area contributed by atoms with E-state index in [0.29, 0.717) is 23.8 Å². The van der Waals surface area contributed by atoms with Crippen molar-refractivity contribution in [3.05, 3.63) is 58.6 Å². The highest BCUT2D eigenvalue weighted by Gasteiger charge is 2.26. The molecular formula is C23H30ClN3O4S. The lowest BCUT2D eigenvalue weighted by atomic mass is 10.0. The van der Waals surface area contributed by atoms with Crippen LogP contribution in [0.4, 0.5) is 5.69 Å². The molecule has 2 N–H and O–H groups in total. The lowest BCUT2D eigenvalue weighted by Crippen LogP contribution is -2.47. The number of rotatable bonds is 9. The first-order valence-corrected chi connectivity index (χ1v) is 12.3. The van der Waals surface area contributed by atoms with Crippen molar-refractivity contribution in [2.75, 3.05) is 18.4 Å². The van der Waals surface area contributed by atoms with Gasteiger partial charge in [-0.3, -0.25) is 9.59 Å². The second-order valence-electron chi connectivity index (χ2n) is 7.77. The second-order valence-corrected chi connectivity index (χ2v) is 10.1. The van der Waals surface area contributed by atoms with E-state index in [1.165, 1.54) is 28.6 Å². The fraction of sp³-hybridized carbons (Fsp3) is 0.391. The van der Waals surface area contributed by atoms with Crippen molar-refractivity contribution in [3.63, 3.8) is 0 Å². The number of carbonyl (C=O) groups is 2. The van der Waals surface area contributed by atoms with E-state index in [1.54, 1.807) is 32.0 Å². The third-order valence-electron chi connectivity index (χ3n) is 5.11. The second kappa shape index (κ2) is 10.9. The van der Waals surface area contributed by atoms with Crippen molar-refractivity contribution in [1.82, 2.24) is 9.62 Å². The van der Waals surface area contributed by atoms with Crippen LogP contribution in [0, 0.1) is 12.8 Å². The zero-order chi connectivity index (χ0) is 24.1. The van der Waals surface area contributed by atoms with Gasteiger partial charge in [0.05, 0.1) is 4.90 Å². The smallest absolute Gasteiger partial charge is 0.251 e. The molecule has 0 bridgehead atoms. The van der Waals surface area contributed by atoms with Crippen LogP contribution in [0.1, 0.15) is 43.6 Å². The first-order chi connectivity index (χ1) is 15.0. The van der Waals surface area contributed by atoms with Gasteiger partial charge in [0.15, 0.2) is 0 Å². The van der Waals surface area contributed by atoms with E-state index in [2.05, 4.69) is 10.6 Å².